The van der Waals surface area contributed by atoms with Crippen molar-refractivity contribution in [2.75, 3.05) is 0 Å². The normalized spacial score (nSPS) is 12.2. The molecule has 3 aromatic carbocycles. The summed E-state index contributed by atoms with van der Waals surface area (Å²) in [5, 5.41) is 8.77. The van der Waals surface area contributed by atoms with E-state index >= 15 is 0 Å². The molecular formula is C23H16Br2F2N2O3. The van der Waals surface area contributed by atoms with Gasteiger partial charge in [-0.2, -0.15) is 0 Å². The summed E-state index contributed by atoms with van der Waals surface area (Å²) in [6.07, 6.45) is -2.24. The highest BCUT2D eigenvalue weighted by atomic mass is 79.9. The number of rotatable bonds is 6. The monoisotopic (exact) mass is 564 g/mol. The Bertz CT molecular complexity index is 1320. The summed E-state index contributed by atoms with van der Waals surface area (Å²) in [5.41, 5.74) is 3.12. The minimum absolute atomic E-state index is 0.255. The number of aryl methyl sites for hydroxylation is 1. The van der Waals surface area contributed by atoms with Crippen LogP contribution in [0.15, 0.2) is 57.5 Å². The first-order valence-corrected chi connectivity index (χ1v) is 11.1. The molecule has 0 aliphatic heterocycles. The molecule has 0 radical (unpaired) electrons. The number of imidazole rings is 1. The number of nitrogens with zero attached hydrogens (tertiary/aromatic N) is 1. The smallest absolute Gasteiger partial charge is 0.338 e. The van der Waals surface area contributed by atoms with Gasteiger partial charge in [0, 0.05) is 18.1 Å². The standard InChI is InChI=1S/C23H16Br2F2N2O3/c1-11-2-3-13(9-17(11)26)22-28-19-5-4-14(10-20(19)29-22)32-21-15(24)6-12(7-16(21)25)8-18(27)23(30)31/h2-7,9-10,18H,8H2,1H3,(H,28,29)(H,30,31). The molecule has 0 bridgehead atoms. The van der Waals surface area contributed by atoms with E-state index in [2.05, 4.69) is 41.8 Å². The third-order valence-corrected chi connectivity index (χ3v) is 6.04. The van der Waals surface area contributed by atoms with Crippen molar-refractivity contribution in [1.82, 2.24) is 9.97 Å². The highest BCUT2D eigenvalue weighted by molar-refractivity contribution is 9.11. The van der Waals surface area contributed by atoms with Crippen LogP contribution in [0.25, 0.3) is 22.4 Å². The fourth-order valence-corrected chi connectivity index (χ4v) is 4.61. The number of hydrogen-bond acceptors (Lipinski definition) is 3. The number of H-pyrrole nitrogens is 1. The summed E-state index contributed by atoms with van der Waals surface area (Å²) in [5.74, 6) is -0.280. The zero-order valence-corrected chi connectivity index (χ0v) is 19.8. The predicted octanol–water partition coefficient (Wildman–Crippen LogP) is 6.96. The van der Waals surface area contributed by atoms with Crippen LogP contribution in [-0.4, -0.2) is 27.2 Å². The number of carboxylic acids is 1. The SMILES string of the molecule is Cc1ccc(-c2nc3ccc(Oc4c(Br)cc(CC(F)C(=O)O)cc4Br)cc3[nH]2)cc1F. The van der Waals surface area contributed by atoms with E-state index < -0.39 is 12.1 Å². The molecule has 9 heteroatoms. The Balaban J connectivity index is 1.60. The number of fused-ring (bicyclic) bond motifs is 1. The van der Waals surface area contributed by atoms with Gasteiger partial charge >= 0.3 is 5.97 Å². The number of carbonyl (C=O) groups is 1. The van der Waals surface area contributed by atoms with E-state index in [0.29, 0.717) is 54.0 Å². The van der Waals surface area contributed by atoms with Crippen LogP contribution in [-0.2, 0) is 11.2 Å². The van der Waals surface area contributed by atoms with Gasteiger partial charge in [0.2, 0.25) is 6.17 Å². The molecule has 4 rings (SSSR count). The number of benzene rings is 3. The fraction of sp³-hybridized carbons (Fsp3) is 0.130. The van der Waals surface area contributed by atoms with Crippen LogP contribution in [0.3, 0.4) is 0 Å². The largest absolute Gasteiger partial charge is 0.479 e. The molecule has 1 atom stereocenters. The number of carboxylic acid groups (broad SMARTS) is 1. The van der Waals surface area contributed by atoms with Gasteiger partial charge < -0.3 is 14.8 Å². The molecule has 164 valence electrons. The number of alkyl halides is 1. The van der Waals surface area contributed by atoms with Gasteiger partial charge in [0.05, 0.1) is 20.0 Å². The Hall–Kier alpha value is -2.78. The van der Waals surface area contributed by atoms with Crippen LogP contribution in [0.1, 0.15) is 11.1 Å². The van der Waals surface area contributed by atoms with E-state index in [9.17, 15) is 13.6 Å². The van der Waals surface area contributed by atoms with Crippen LogP contribution in [0.5, 0.6) is 11.5 Å². The average molecular weight is 566 g/mol. The van der Waals surface area contributed by atoms with Crippen LogP contribution < -0.4 is 4.74 Å². The number of nitrogens with one attached hydrogen (secondary N) is 1. The van der Waals surface area contributed by atoms with Crippen molar-refractivity contribution in [3.8, 4) is 22.9 Å². The van der Waals surface area contributed by atoms with E-state index in [1.165, 1.54) is 6.07 Å². The van der Waals surface area contributed by atoms with Crippen molar-refractivity contribution in [3.63, 3.8) is 0 Å². The van der Waals surface area contributed by atoms with E-state index in [0.717, 1.165) is 0 Å². The molecule has 1 unspecified atom stereocenters. The van der Waals surface area contributed by atoms with Gasteiger partial charge in [-0.05, 0) is 80.2 Å². The minimum Gasteiger partial charge on any atom is -0.479 e. The maximum Gasteiger partial charge on any atom is 0.338 e. The first kappa shape index (κ1) is 22.4. The van der Waals surface area contributed by atoms with E-state index in [4.69, 9.17) is 9.84 Å². The summed E-state index contributed by atoms with van der Waals surface area (Å²) < 4.78 is 34.5. The second-order valence-electron chi connectivity index (χ2n) is 7.23. The highest BCUT2D eigenvalue weighted by Gasteiger charge is 2.19. The first-order chi connectivity index (χ1) is 15.2. The lowest BCUT2D eigenvalue weighted by atomic mass is 10.1. The average Bonchev–Trinajstić information content (AvgIpc) is 3.16. The van der Waals surface area contributed by atoms with Crippen LogP contribution in [0.4, 0.5) is 8.78 Å². The van der Waals surface area contributed by atoms with Crippen molar-refractivity contribution >= 4 is 48.9 Å². The van der Waals surface area contributed by atoms with Crippen molar-refractivity contribution in [2.24, 2.45) is 0 Å². The Morgan fingerprint density at radius 2 is 1.88 bits per heavy atom. The molecule has 0 amide bonds. The van der Waals surface area contributed by atoms with Gasteiger partial charge in [0.1, 0.15) is 17.4 Å². The van der Waals surface area contributed by atoms with Crippen LogP contribution >= 0.6 is 31.9 Å². The maximum absolute atomic E-state index is 13.9. The quantitative estimate of drug-likeness (QED) is 0.265. The van der Waals surface area contributed by atoms with Crippen LogP contribution in [0.2, 0.25) is 0 Å². The molecule has 5 nitrogen and oxygen atoms in total. The van der Waals surface area contributed by atoms with Gasteiger partial charge in [0.25, 0.3) is 0 Å². The lowest BCUT2D eigenvalue weighted by Gasteiger charge is -2.12. The summed E-state index contributed by atoms with van der Waals surface area (Å²) >= 11 is 6.80. The molecule has 0 spiro atoms. The molecule has 0 aliphatic carbocycles. The Labute approximate surface area is 198 Å². The Morgan fingerprint density at radius 1 is 1.16 bits per heavy atom. The topological polar surface area (TPSA) is 75.2 Å². The van der Waals surface area contributed by atoms with E-state index in [1.54, 1.807) is 49.4 Å². The Morgan fingerprint density at radius 3 is 2.53 bits per heavy atom. The van der Waals surface area contributed by atoms with Crippen LogP contribution in [0, 0.1) is 12.7 Å². The highest BCUT2D eigenvalue weighted by Crippen LogP contribution is 2.39. The Kier molecular flexibility index (Phi) is 6.30. The lowest BCUT2D eigenvalue weighted by molar-refractivity contribution is -0.142. The molecule has 1 heterocycles. The molecule has 32 heavy (non-hydrogen) atoms. The molecule has 0 saturated heterocycles. The number of halogens is 4. The minimum atomic E-state index is -1.99. The summed E-state index contributed by atoms with van der Waals surface area (Å²) in [6, 6.07) is 13.5. The van der Waals surface area contributed by atoms with Gasteiger partial charge in [0.15, 0.2) is 5.75 Å². The number of aromatic nitrogens is 2. The third-order valence-electron chi connectivity index (χ3n) is 4.86. The van der Waals surface area contributed by atoms with Crippen molar-refractivity contribution < 1.29 is 23.4 Å². The zero-order chi connectivity index (χ0) is 23.0. The summed E-state index contributed by atoms with van der Waals surface area (Å²) in [7, 11) is 0. The van der Waals surface area contributed by atoms with E-state index in [1.807, 2.05) is 0 Å². The second kappa shape index (κ2) is 8.99. The molecule has 0 aliphatic rings. The number of hydrogen-bond donors (Lipinski definition) is 2. The van der Waals surface area contributed by atoms with Gasteiger partial charge in [-0.15, -0.1) is 0 Å². The third kappa shape index (κ3) is 4.68. The molecule has 0 fully saturated rings. The van der Waals surface area contributed by atoms with Crippen molar-refractivity contribution in [2.45, 2.75) is 19.5 Å². The fourth-order valence-electron chi connectivity index (χ4n) is 3.17. The maximum atomic E-state index is 13.9. The molecular weight excluding hydrogens is 550 g/mol. The summed E-state index contributed by atoms with van der Waals surface area (Å²) in [6.45, 7) is 1.70. The van der Waals surface area contributed by atoms with Gasteiger partial charge in [-0.1, -0.05) is 12.1 Å². The predicted molar refractivity (Wildman–Crippen MR) is 124 cm³/mol. The number of aromatic amines is 1. The van der Waals surface area contributed by atoms with Gasteiger partial charge in [-0.25, -0.2) is 18.6 Å². The second-order valence-corrected chi connectivity index (χ2v) is 8.94. The molecule has 2 N–H and O–H groups in total. The van der Waals surface area contributed by atoms with Gasteiger partial charge in [-0.3, -0.25) is 0 Å². The first-order valence-electron chi connectivity index (χ1n) is 9.50. The van der Waals surface area contributed by atoms with Crippen molar-refractivity contribution in [3.05, 3.63) is 74.4 Å². The van der Waals surface area contributed by atoms with Crippen molar-refractivity contribution in [1.29, 1.82) is 0 Å². The van der Waals surface area contributed by atoms with E-state index in [-0.39, 0.29) is 12.2 Å². The number of aliphatic carboxylic acids is 1. The lowest BCUT2D eigenvalue weighted by Crippen LogP contribution is -2.17. The molecule has 0 saturated carbocycles. The molecule has 1 aromatic heterocycles. The summed E-state index contributed by atoms with van der Waals surface area (Å²) in [4.78, 5) is 18.5. The molecule has 4 aromatic rings. The number of ether oxygens (including phenoxy) is 1. The zero-order valence-electron chi connectivity index (χ0n) is 16.6.